The summed E-state index contributed by atoms with van der Waals surface area (Å²) in [7, 11) is 0. The number of hydrogen-bond donors (Lipinski definition) is 2. The normalized spacial score (nSPS) is 21.3. The molecule has 1 aliphatic heterocycles. The van der Waals surface area contributed by atoms with Gasteiger partial charge in [-0.3, -0.25) is 9.59 Å². The van der Waals surface area contributed by atoms with Gasteiger partial charge in [0.2, 0.25) is 5.91 Å². The number of nitrogens with zero attached hydrogens (tertiary/aromatic N) is 4. The number of ether oxygens (including phenoxy) is 2. The number of aryl methyl sites for hydroxylation is 1. The summed E-state index contributed by atoms with van der Waals surface area (Å²) in [5.41, 5.74) is 2.85. The molecule has 12 heteroatoms. The fourth-order valence-corrected chi connectivity index (χ4v) is 7.55. The molecular weight excluding hydrogens is 684 g/mol. The number of hydrogen-bond acceptors (Lipinski definition) is 6. The zero-order valence-corrected chi connectivity index (χ0v) is 32.2. The van der Waals surface area contributed by atoms with Crippen LogP contribution in [0.15, 0.2) is 53.3 Å². The number of carbonyl (C=O) groups excluding carboxylic acids is 3. The van der Waals surface area contributed by atoms with Crippen LogP contribution in [0.3, 0.4) is 0 Å². The van der Waals surface area contributed by atoms with Crippen LogP contribution in [0.2, 0.25) is 0 Å². The van der Waals surface area contributed by atoms with Crippen LogP contribution in [0.5, 0.6) is 0 Å². The van der Waals surface area contributed by atoms with Crippen molar-refractivity contribution < 1.29 is 23.9 Å². The van der Waals surface area contributed by atoms with E-state index in [0.717, 1.165) is 79.9 Å². The van der Waals surface area contributed by atoms with Crippen molar-refractivity contribution in [2.45, 2.75) is 141 Å². The third-order valence-corrected chi connectivity index (χ3v) is 9.95. The number of alkyl carbamates (subject to hydrolysis) is 2. The van der Waals surface area contributed by atoms with Crippen molar-refractivity contribution in [2.75, 3.05) is 4.90 Å². The summed E-state index contributed by atoms with van der Waals surface area (Å²) in [5.74, 6) is 0.133. The molecule has 3 amide bonds. The molecule has 3 aromatic rings. The fraction of sp³-hybridized carbons (Fsp3) is 0.524. The average Bonchev–Trinajstić information content (AvgIpc) is 3.10. The van der Waals surface area contributed by atoms with Gasteiger partial charge in [-0.05, 0) is 128 Å². The molecule has 2 heterocycles. The topological polar surface area (TPSA) is 128 Å². The van der Waals surface area contributed by atoms with Crippen LogP contribution in [-0.4, -0.2) is 52.0 Å². The van der Waals surface area contributed by atoms with E-state index >= 15 is 0 Å². The Morgan fingerprint density at radius 2 is 1.19 bits per heavy atom. The highest BCUT2D eigenvalue weighted by atomic mass is 16.6. The first-order valence-corrected chi connectivity index (χ1v) is 18.9. The second kappa shape index (κ2) is 16.8. The van der Waals surface area contributed by atoms with E-state index in [0.29, 0.717) is 17.8 Å². The quantitative estimate of drug-likeness (QED) is 0.258. The number of benzene rings is 2. The minimum Gasteiger partial charge on any atom is -0.444 e. The van der Waals surface area contributed by atoms with Crippen molar-refractivity contribution in [3.05, 3.63) is 87.3 Å². The zero-order valence-electron chi connectivity index (χ0n) is 32.2. The molecular formula is C42H52N6O6. The molecule has 0 bridgehead atoms. The van der Waals surface area contributed by atoms with Crippen LogP contribution in [0.4, 0.5) is 26.7 Å². The molecule has 2 fully saturated rings. The van der Waals surface area contributed by atoms with Crippen molar-refractivity contribution in [3.8, 4) is 0 Å². The van der Waals surface area contributed by atoms with E-state index in [1.807, 2.05) is 75.3 Å². The van der Waals surface area contributed by atoms with E-state index in [1.54, 1.807) is 24.3 Å². The summed E-state index contributed by atoms with van der Waals surface area (Å²) in [4.78, 5) is 58.0. The lowest BCUT2D eigenvalue weighted by Gasteiger charge is -2.40. The van der Waals surface area contributed by atoms with E-state index < -0.39 is 17.3 Å². The van der Waals surface area contributed by atoms with Crippen LogP contribution >= 0.6 is 0 Å². The van der Waals surface area contributed by atoms with Gasteiger partial charge in [0.25, 0.3) is 5.56 Å². The smallest absolute Gasteiger partial charge is 0.407 e. The molecule has 0 unspecified atom stereocenters. The SMILES string of the molecule is [C-]#[N+]c1ccc2c(c1)N(C1CCC(NC(=O)OC(C)(C)C)CC1)C(=O)CC2.[C-]#[N+]c1ccc2ccc(=O)n(C3CCC(NC(=O)OC(C)(C)C)CC3)c2c1. The molecule has 286 valence electrons. The highest BCUT2D eigenvalue weighted by Crippen LogP contribution is 2.37. The first-order valence-electron chi connectivity index (χ1n) is 18.9. The van der Waals surface area contributed by atoms with Crippen LogP contribution < -0.4 is 21.1 Å². The predicted octanol–water partition coefficient (Wildman–Crippen LogP) is 8.91. The molecule has 0 atom stereocenters. The fourth-order valence-electron chi connectivity index (χ4n) is 7.55. The highest BCUT2D eigenvalue weighted by molar-refractivity contribution is 5.97. The maximum Gasteiger partial charge on any atom is 0.407 e. The molecule has 0 spiro atoms. The van der Waals surface area contributed by atoms with E-state index in [9.17, 15) is 19.2 Å². The van der Waals surface area contributed by atoms with Gasteiger partial charge in [0.05, 0.1) is 13.1 Å². The molecule has 2 aromatic carbocycles. The molecule has 54 heavy (non-hydrogen) atoms. The Hall–Kier alpha value is -5.36. The lowest BCUT2D eigenvalue weighted by Crippen LogP contribution is -2.48. The predicted molar refractivity (Wildman–Crippen MR) is 209 cm³/mol. The molecule has 12 nitrogen and oxygen atoms in total. The lowest BCUT2D eigenvalue weighted by atomic mass is 9.88. The monoisotopic (exact) mass is 736 g/mol. The molecule has 3 aliphatic rings. The maximum atomic E-state index is 12.6. The molecule has 0 saturated heterocycles. The van der Waals surface area contributed by atoms with Crippen molar-refractivity contribution in [2.24, 2.45) is 0 Å². The number of aromatic nitrogens is 1. The number of rotatable bonds is 4. The van der Waals surface area contributed by atoms with E-state index in [4.69, 9.17) is 22.6 Å². The average molecular weight is 737 g/mol. The standard InChI is InChI=1S/C21H27N3O3.C21H25N3O3/c2*1-21(2,3)27-20(26)23-15-8-10-17(11-9-15)24-18-13-16(22-4)7-5-14(18)6-12-19(24)25/h5,7,13,15,17H,6,8-12H2,1-3H3,(H,23,26);5-7,12-13,15,17H,8-11H2,1-3H3,(H,23,26). The van der Waals surface area contributed by atoms with Gasteiger partial charge >= 0.3 is 12.2 Å². The van der Waals surface area contributed by atoms with Crippen molar-refractivity contribution in [1.29, 1.82) is 0 Å². The summed E-state index contributed by atoms with van der Waals surface area (Å²) < 4.78 is 12.5. The maximum absolute atomic E-state index is 12.6. The first-order chi connectivity index (χ1) is 25.5. The Bertz CT molecular complexity index is 2000. The second-order valence-corrected chi connectivity index (χ2v) is 16.4. The summed E-state index contributed by atoms with van der Waals surface area (Å²) in [6.07, 6.45) is 6.91. The van der Waals surface area contributed by atoms with Gasteiger partial charge in [0.15, 0.2) is 11.4 Å². The molecule has 2 saturated carbocycles. The Labute approximate surface area is 317 Å². The van der Waals surface area contributed by atoms with Crippen LogP contribution in [0.25, 0.3) is 20.6 Å². The number of pyridine rings is 1. The van der Waals surface area contributed by atoms with E-state index in [1.165, 1.54) is 0 Å². The minimum atomic E-state index is -0.516. The molecule has 1 aromatic heterocycles. The van der Waals surface area contributed by atoms with Gasteiger partial charge in [-0.25, -0.2) is 19.3 Å². The number of anilines is 1. The molecule has 2 N–H and O–H groups in total. The van der Waals surface area contributed by atoms with Gasteiger partial charge in [-0.1, -0.05) is 24.3 Å². The first kappa shape index (κ1) is 39.8. The van der Waals surface area contributed by atoms with Gasteiger partial charge < -0.3 is 29.6 Å². The van der Waals surface area contributed by atoms with Crippen LogP contribution in [0.1, 0.15) is 111 Å². The number of amides is 3. The van der Waals surface area contributed by atoms with E-state index in [-0.39, 0.29) is 41.7 Å². The summed E-state index contributed by atoms with van der Waals surface area (Å²) in [6.45, 7) is 25.5. The Morgan fingerprint density at radius 3 is 1.72 bits per heavy atom. The molecule has 0 radical (unpaired) electrons. The Kier molecular flexibility index (Phi) is 12.4. The highest BCUT2D eigenvalue weighted by Gasteiger charge is 2.34. The Balaban J connectivity index is 0.000000208. The van der Waals surface area contributed by atoms with Crippen molar-refractivity contribution in [3.63, 3.8) is 0 Å². The van der Waals surface area contributed by atoms with Gasteiger partial charge in [-0.15, -0.1) is 0 Å². The largest absolute Gasteiger partial charge is 0.444 e. The van der Waals surface area contributed by atoms with Crippen LogP contribution in [0, 0.1) is 13.1 Å². The van der Waals surface area contributed by atoms with Gasteiger partial charge in [0.1, 0.15) is 11.2 Å². The summed E-state index contributed by atoms with van der Waals surface area (Å²) in [5, 5.41) is 6.83. The number of carbonyl (C=O) groups is 3. The van der Waals surface area contributed by atoms with Gasteiger partial charge in [0, 0.05) is 47.9 Å². The summed E-state index contributed by atoms with van der Waals surface area (Å²) in [6, 6.07) is 14.8. The second-order valence-electron chi connectivity index (χ2n) is 16.4. The lowest BCUT2D eigenvalue weighted by molar-refractivity contribution is -0.119. The third kappa shape index (κ3) is 10.4. The summed E-state index contributed by atoms with van der Waals surface area (Å²) >= 11 is 0. The third-order valence-electron chi connectivity index (χ3n) is 9.95. The minimum absolute atomic E-state index is 0.0480. The van der Waals surface area contributed by atoms with Crippen LogP contribution in [-0.2, 0) is 20.7 Å². The zero-order chi connectivity index (χ0) is 39.2. The number of fused-ring (bicyclic) bond motifs is 2. The van der Waals surface area contributed by atoms with Crippen molar-refractivity contribution in [1.82, 2.24) is 15.2 Å². The molecule has 6 rings (SSSR count). The Morgan fingerprint density at radius 1 is 0.685 bits per heavy atom. The number of nitrogens with one attached hydrogen (secondary N) is 2. The van der Waals surface area contributed by atoms with E-state index in [2.05, 4.69) is 20.3 Å². The van der Waals surface area contributed by atoms with Crippen molar-refractivity contribution >= 4 is 46.1 Å². The van der Waals surface area contributed by atoms with Gasteiger partial charge in [-0.2, -0.15) is 0 Å². The molecule has 2 aliphatic carbocycles.